The first-order valence-corrected chi connectivity index (χ1v) is 8.38. The van der Waals surface area contributed by atoms with E-state index in [4.69, 9.17) is 0 Å². The molecule has 0 bridgehead atoms. The SMILES string of the molecule is O=C(NC1CCCC1)c1cnn2c(-c3cccs3)ccnc12. The Kier molecular flexibility index (Phi) is 3.38. The zero-order valence-electron chi connectivity index (χ0n) is 12.0. The van der Waals surface area contributed by atoms with Crippen LogP contribution < -0.4 is 5.32 Å². The van der Waals surface area contributed by atoms with Crippen molar-refractivity contribution >= 4 is 22.9 Å². The summed E-state index contributed by atoms with van der Waals surface area (Å²) in [7, 11) is 0. The maximum Gasteiger partial charge on any atom is 0.256 e. The summed E-state index contributed by atoms with van der Waals surface area (Å²) in [5.41, 5.74) is 2.12. The van der Waals surface area contributed by atoms with Gasteiger partial charge in [0.15, 0.2) is 5.65 Å². The standard InChI is InChI=1S/C16H16N4OS/c21-16(19-11-4-1-2-5-11)12-10-18-20-13(7-8-17-15(12)20)14-6-3-9-22-14/h3,6-11H,1-2,4-5H2,(H,19,21). The Labute approximate surface area is 132 Å². The summed E-state index contributed by atoms with van der Waals surface area (Å²) in [6, 6.07) is 6.26. The third-order valence-corrected chi connectivity index (χ3v) is 5.00. The van der Waals surface area contributed by atoms with E-state index in [9.17, 15) is 4.79 Å². The predicted octanol–water partition coefficient (Wildman–Crippen LogP) is 3.13. The van der Waals surface area contributed by atoms with Gasteiger partial charge in [-0.15, -0.1) is 11.3 Å². The average Bonchev–Trinajstić information content (AvgIpc) is 3.27. The normalized spacial score (nSPS) is 15.5. The zero-order valence-corrected chi connectivity index (χ0v) is 12.8. The Morgan fingerprint density at radius 3 is 2.95 bits per heavy atom. The number of amides is 1. The number of fused-ring (bicyclic) bond motifs is 1. The monoisotopic (exact) mass is 312 g/mol. The maximum atomic E-state index is 12.5. The van der Waals surface area contributed by atoms with Crippen LogP contribution in [-0.2, 0) is 0 Å². The van der Waals surface area contributed by atoms with Crippen molar-refractivity contribution in [2.24, 2.45) is 0 Å². The minimum Gasteiger partial charge on any atom is -0.349 e. The first-order chi connectivity index (χ1) is 10.8. The molecular weight excluding hydrogens is 296 g/mol. The molecule has 0 spiro atoms. The number of hydrogen-bond donors (Lipinski definition) is 1. The summed E-state index contributed by atoms with van der Waals surface area (Å²) >= 11 is 1.65. The van der Waals surface area contributed by atoms with Crippen LogP contribution in [0.4, 0.5) is 0 Å². The summed E-state index contributed by atoms with van der Waals surface area (Å²) in [5, 5.41) is 9.49. The van der Waals surface area contributed by atoms with Crippen LogP contribution >= 0.6 is 11.3 Å². The number of nitrogens with one attached hydrogen (secondary N) is 1. The van der Waals surface area contributed by atoms with E-state index >= 15 is 0 Å². The smallest absolute Gasteiger partial charge is 0.256 e. The molecule has 4 rings (SSSR count). The largest absolute Gasteiger partial charge is 0.349 e. The highest BCUT2D eigenvalue weighted by Crippen LogP contribution is 2.25. The summed E-state index contributed by atoms with van der Waals surface area (Å²) in [5.74, 6) is -0.0715. The van der Waals surface area contributed by atoms with E-state index in [1.165, 1.54) is 12.8 Å². The number of nitrogens with zero attached hydrogens (tertiary/aromatic N) is 3. The molecule has 0 radical (unpaired) electrons. The van der Waals surface area contributed by atoms with Crippen molar-refractivity contribution < 1.29 is 4.79 Å². The van der Waals surface area contributed by atoms with Crippen molar-refractivity contribution in [3.8, 4) is 10.6 Å². The van der Waals surface area contributed by atoms with Crippen molar-refractivity contribution in [2.75, 3.05) is 0 Å². The summed E-state index contributed by atoms with van der Waals surface area (Å²) < 4.78 is 1.75. The number of carbonyl (C=O) groups is 1. The van der Waals surface area contributed by atoms with Gasteiger partial charge in [0, 0.05) is 12.2 Å². The van der Waals surface area contributed by atoms with Gasteiger partial charge in [-0.2, -0.15) is 5.10 Å². The number of carbonyl (C=O) groups excluding carboxylic acids is 1. The van der Waals surface area contributed by atoms with Crippen LogP contribution in [0.25, 0.3) is 16.2 Å². The van der Waals surface area contributed by atoms with Gasteiger partial charge in [-0.25, -0.2) is 9.50 Å². The minimum atomic E-state index is -0.0715. The van der Waals surface area contributed by atoms with Crippen LogP contribution in [0.3, 0.4) is 0 Å². The first-order valence-electron chi connectivity index (χ1n) is 7.50. The molecule has 1 aliphatic carbocycles. The summed E-state index contributed by atoms with van der Waals surface area (Å²) in [4.78, 5) is 17.9. The predicted molar refractivity (Wildman–Crippen MR) is 86.0 cm³/mol. The molecule has 0 saturated heterocycles. The molecule has 112 valence electrons. The van der Waals surface area contributed by atoms with Crippen LogP contribution in [0.5, 0.6) is 0 Å². The quantitative estimate of drug-likeness (QED) is 0.808. The Hall–Kier alpha value is -2.21. The number of rotatable bonds is 3. The Morgan fingerprint density at radius 1 is 1.32 bits per heavy atom. The van der Waals surface area contributed by atoms with E-state index in [0.29, 0.717) is 17.3 Å². The molecule has 1 saturated carbocycles. The fourth-order valence-corrected chi connectivity index (χ4v) is 3.73. The van der Waals surface area contributed by atoms with Gasteiger partial charge >= 0.3 is 0 Å². The van der Waals surface area contributed by atoms with Gasteiger partial charge in [-0.1, -0.05) is 18.9 Å². The van der Waals surface area contributed by atoms with E-state index in [1.807, 2.05) is 23.6 Å². The van der Waals surface area contributed by atoms with Crippen LogP contribution in [-0.4, -0.2) is 26.5 Å². The molecule has 5 nitrogen and oxygen atoms in total. The molecule has 1 amide bonds. The van der Waals surface area contributed by atoms with Gasteiger partial charge in [0.1, 0.15) is 5.56 Å². The molecule has 0 atom stereocenters. The molecule has 3 aromatic heterocycles. The molecule has 1 fully saturated rings. The fourth-order valence-electron chi connectivity index (χ4n) is 3.00. The highest BCUT2D eigenvalue weighted by Gasteiger charge is 2.21. The van der Waals surface area contributed by atoms with Crippen molar-refractivity contribution in [1.29, 1.82) is 0 Å². The molecule has 0 aromatic carbocycles. The average molecular weight is 312 g/mol. The van der Waals surface area contributed by atoms with Crippen molar-refractivity contribution in [3.05, 3.63) is 41.5 Å². The summed E-state index contributed by atoms with van der Waals surface area (Å²) in [6.07, 6.45) is 7.88. The third kappa shape index (κ3) is 2.29. The highest BCUT2D eigenvalue weighted by atomic mass is 32.1. The van der Waals surface area contributed by atoms with Gasteiger partial charge in [-0.05, 0) is 30.4 Å². The van der Waals surface area contributed by atoms with E-state index in [2.05, 4.69) is 15.4 Å². The molecule has 0 aliphatic heterocycles. The van der Waals surface area contributed by atoms with Gasteiger partial charge < -0.3 is 5.32 Å². The van der Waals surface area contributed by atoms with Gasteiger partial charge in [0.25, 0.3) is 5.91 Å². The number of hydrogen-bond acceptors (Lipinski definition) is 4. The number of thiophene rings is 1. The molecule has 1 aliphatic rings. The van der Waals surface area contributed by atoms with E-state index < -0.39 is 0 Å². The van der Waals surface area contributed by atoms with Gasteiger partial charge in [0.2, 0.25) is 0 Å². The lowest BCUT2D eigenvalue weighted by Gasteiger charge is -2.10. The lowest BCUT2D eigenvalue weighted by molar-refractivity contribution is 0.0939. The molecule has 22 heavy (non-hydrogen) atoms. The third-order valence-electron chi connectivity index (χ3n) is 4.11. The highest BCUT2D eigenvalue weighted by molar-refractivity contribution is 7.13. The maximum absolute atomic E-state index is 12.5. The lowest BCUT2D eigenvalue weighted by Crippen LogP contribution is -2.32. The van der Waals surface area contributed by atoms with Crippen LogP contribution in [0.2, 0.25) is 0 Å². The molecule has 1 N–H and O–H groups in total. The van der Waals surface area contributed by atoms with Crippen LogP contribution in [0, 0.1) is 0 Å². The Bertz CT molecular complexity index is 803. The molecule has 6 heteroatoms. The second-order valence-electron chi connectivity index (χ2n) is 5.56. The second-order valence-corrected chi connectivity index (χ2v) is 6.50. The van der Waals surface area contributed by atoms with E-state index in [0.717, 1.165) is 23.4 Å². The molecule has 0 unspecified atom stereocenters. The van der Waals surface area contributed by atoms with E-state index in [-0.39, 0.29) is 5.91 Å². The summed E-state index contributed by atoms with van der Waals surface area (Å²) in [6.45, 7) is 0. The molecule has 3 heterocycles. The molecule has 3 aromatic rings. The van der Waals surface area contributed by atoms with Crippen molar-refractivity contribution in [3.63, 3.8) is 0 Å². The first kappa shape index (κ1) is 13.5. The zero-order chi connectivity index (χ0) is 14.9. The van der Waals surface area contributed by atoms with Crippen molar-refractivity contribution in [2.45, 2.75) is 31.7 Å². The minimum absolute atomic E-state index is 0.0715. The number of aromatic nitrogens is 3. The van der Waals surface area contributed by atoms with E-state index in [1.54, 1.807) is 28.2 Å². The molecular formula is C16H16N4OS. The fraction of sp³-hybridized carbons (Fsp3) is 0.312. The van der Waals surface area contributed by atoms with Crippen LogP contribution in [0.1, 0.15) is 36.0 Å². The van der Waals surface area contributed by atoms with Gasteiger partial charge in [-0.3, -0.25) is 4.79 Å². The topological polar surface area (TPSA) is 59.3 Å². The van der Waals surface area contributed by atoms with Crippen LogP contribution in [0.15, 0.2) is 36.0 Å². The Morgan fingerprint density at radius 2 is 2.18 bits per heavy atom. The van der Waals surface area contributed by atoms with Gasteiger partial charge in [0.05, 0.1) is 16.8 Å². The lowest BCUT2D eigenvalue weighted by atomic mass is 10.2. The Balaban J connectivity index is 1.71. The second kappa shape index (κ2) is 5.53. The van der Waals surface area contributed by atoms with Crippen molar-refractivity contribution in [1.82, 2.24) is 19.9 Å².